The number of ether oxygens (including phenoxy) is 4. The van der Waals surface area contributed by atoms with E-state index in [1.54, 1.807) is 0 Å². The average Bonchev–Trinajstić information content (AvgIpc) is 3.67. The van der Waals surface area contributed by atoms with Crippen molar-refractivity contribution in [2.24, 2.45) is 0 Å². The average molecular weight is 723 g/mol. The topological polar surface area (TPSA) is 91.3 Å². The molecule has 5 rings (SSSR count). The summed E-state index contributed by atoms with van der Waals surface area (Å²) in [5.74, 6) is 1.31. The third-order valence-corrected chi connectivity index (χ3v) is 10.3. The van der Waals surface area contributed by atoms with Gasteiger partial charge < -0.3 is 24.1 Å². The van der Waals surface area contributed by atoms with Crippen LogP contribution in [0.2, 0.25) is 0 Å². The van der Waals surface area contributed by atoms with Crippen LogP contribution in [0.4, 0.5) is 0 Å². The molecule has 7 heteroatoms. The maximum atomic E-state index is 12.0. The summed E-state index contributed by atoms with van der Waals surface area (Å²) in [7, 11) is 0. The van der Waals surface area contributed by atoms with Crippen molar-refractivity contribution in [2.45, 2.75) is 122 Å². The van der Waals surface area contributed by atoms with Crippen LogP contribution < -0.4 is 9.47 Å². The van der Waals surface area contributed by atoms with Crippen molar-refractivity contribution in [2.75, 3.05) is 19.8 Å². The zero-order valence-electron chi connectivity index (χ0n) is 31.7. The lowest BCUT2D eigenvalue weighted by atomic mass is 9.90. The summed E-state index contributed by atoms with van der Waals surface area (Å²) in [6.07, 6.45) is 13.7. The lowest BCUT2D eigenvalue weighted by molar-refractivity contribution is -0.139. The number of cyclic esters (lactones) is 2. The van der Waals surface area contributed by atoms with Crippen LogP contribution in [-0.2, 0) is 44.7 Å². The largest absolute Gasteiger partial charge is 0.494 e. The van der Waals surface area contributed by atoms with E-state index in [2.05, 4.69) is 80.7 Å². The highest BCUT2D eigenvalue weighted by Gasteiger charge is 2.28. The van der Waals surface area contributed by atoms with Gasteiger partial charge in [0.25, 0.3) is 0 Å². The summed E-state index contributed by atoms with van der Waals surface area (Å²) in [5.41, 5.74) is 8.53. The van der Waals surface area contributed by atoms with E-state index < -0.39 is 0 Å². The Kier molecular flexibility index (Phi) is 15.6. The van der Waals surface area contributed by atoms with Crippen LogP contribution >= 0.6 is 0 Å². The van der Waals surface area contributed by atoms with Crippen molar-refractivity contribution in [3.05, 3.63) is 107 Å². The molecule has 0 amide bonds. The van der Waals surface area contributed by atoms with E-state index in [0.717, 1.165) is 101 Å². The van der Waals surface area contributed by atoms with E-state index in [-0.39, 0.29) is 30.8 Å². The number of carbonyl (C=O) groups excluding carboxylic acids is 2. The molecule has 2 atom stereocenters. The fraction of sp³-hybridized carbons (Fsp3) is 0.478. The molecule has 3 aromatic rings. The van der Waals surface area contributed by atoms with Crippen LogP contribution in [0.5, 0.6) is 11.5 Å². The van der Waals surface area contributed by atoms with Gasteiger partial charge in [0.05, 0.1) is 13.2 Å². The van der Waals surface area contributed by atoms with Crippen molar-refractivity contribution in [1.82, 2.24) is 0 Å². The van der Waals surface area contributed by atoms with Gasteiger partial charge in [-0.1, -0.05) is 56.5 Å². The van der Waals surface area contributed by atoms with Crippen LogP contribution in [0, 0.1) is 0 Å². The molecule has 0 bridgehead atoms. The number of hydrogen-bond donors (Lipinski definition) is 1. The van der Waals surface area contributed by atoms with E-state index >= 15 is 0 Å². The van der Waals surface area contributed by atoms with Gasteiger partial charge in [-0.05, 0) is 148 Å². The second kappa shape index (κ2) is 20.8. The third kappa shape index (κ3) is 12.1. The Morgan fingerprint density at radius 1 is 0.679 bits per heavy atom. The minimum Gasteiger partial charge on any atom is -0.494 e. The van der Waals surface area contributed by atoms with Crippen molar-refractivity contribution in [3.8, 4) is 22.6 Å². The highest BCUT2D eigenvalue weighted by molar-refractivity contribution is 5.90. The fourth-order valence-corrected chi connectivity index (χ4v) is 7.32. The Morgan fingerprint density at radius 2 is 1.26 bits per heavy atom. The van der Waals surface area contributed by atoms with Crippen LogP contribution in [0.1, 0.15) is 106 Å². The van der Waals surface area contributed by atoms with E-state index in [4.69, 9.17) is 24.1 Å². The summed E-state index contributed by atoms with van der Waals surface area (Å²) in [6.45, 7) is 11.5. The number of aliphatic hydroxyl groups excluding tert-OH is 1. The summed E-state index contributed by atoms with van der Waals surface area (Å²) < 4.78 is 23.7. The second-order valence-corrected chi connectivity index (χ2v) is 14.5. The summed E-state index contributed by atoms with van der Waals surface area (Å²) >= 11 is 0. The summed E-state index contributed by atoms with van der Waals surface area (Å²) in [5, 5.41) is 8.94. The quantitative estimate of drug-likeness (QED) is 0.0592. The molecular weight excluding hydrogens is 664 g/mol. The van der Waals surface area contributed by atoms with Crippen LogP contribution in [0.25, 0.3) is 11.1 Å². The predicted molar refractivity (Wildman–Crippen MR) is 210 cm³/mol. The SMILES string of the molecule is C=C1CC(CCCc2cc(-c3ccccc3CC)cc(CCCC3CC(=C)C(=O)O3)c2OCCCCCc2ccc(OCCCCCO)cc2)OC1=O. The molecule has 2 fully saturated rings. The van der Waals surface area contributed by atoms with Gasteiger partial charge in [-0.25, -0.2) is 9.59 Å². The van der Waals surface area contributed by atoms with Gasteiger partial charge in [-0.15, -0.1) is 0 Å². The Morgan fingerprint density at radius 3 is 1.83 bits per heavy atom. The summed E-state index contributed by atoms with van der Waals surface area (Å²) in [6, 6.07) is 21.6. The maximum Gasteiger partial charge on any atom is 0.333 e. The number of aliphatic hydroxyl groups is 1. The van der Waals surface area contributed by atoms with Crippen molar-refractivity contribution in [3.63, 3.8) is 0 Å². The number of unbranched alkanes of at least 4 members (excludes halogenated alkanes) is 4. The number of hydrogen-bond acceptors (Lipinski definition) is 7. The van der Waals surface area contributed by atoms with Gasteiger partial charge in [-0.2, -0.15) is 0 Å². The smallest absolute Gasteiger partial charge is 0.333 e. The maximum absolute atomic E-state index is 12.0. The lowest BCUT2D eigenvalue weighted by Gasteiger charge is -2.20. The van der Waals surface area contributed by atoms with E-state index in [9.17, 15) is 9.59 Å². The van der Waals surface area contributed by atoms with Gasteiger partial charge in [0.2, 0.25) is 0 Å². The molecular formula is C46H58O7. The van der Waals surface area contributed by atoms with Crippen molar-refractivity contribution in [1.29, 1.82) is 0 Å². The molecule has 0 aromatic heterocycles. The summed E-state index contributed by atoms with van der Waals surface area (Å²) in [4.78, 5) is 23.9. The number of carbonyl (C=O) groups is 2. The van der Waals surface area contributed by atoms with Crippen LogP contribution in [-0.4, -0.2) is 49.1 Å². The monoisotopic (exact) mass is 722 g/mol. The standard InChI is InChI=1S/C46H58O7/c1-4-36-16-8-9-21-43(36)39-31-37(17-13-19-41-29-33(2)45(48)52-41)44(38(32-39)18-14-20-42-30-34(3)46(49)53-42)51-28-11-5-7-15-35-22-24-40(25-23-35)50-27-12-6-10-26-47/h8-9,16,21-25,31-32,41-42,47H,2-7,10-15,17-20,26-30H2,1H3. The first kappa shape index (κ1) is 39.8. The molecule has 284 valence electrons. The molecule has 3 aromatic carbocycles. The number of esters is 2. The van der Waals surface area contributed by atoms with Gasteiger partial charge in [-0.3, -0.25) is 0 Å². The fourth-order valence-electron chi connectivity index (χ4n) is 7.32. The van der Waals surface area contributed by atoms with E-state index in [0.29, 0.717) is 37.2 Å². The molecule has 1 N–H and O–H groups in total. The molecule has 7 nitrogen and oxygen atoms in total. The highest BCUT2D eigenvalue weighted by Crippen LogP contribution is 2.36. The Bertz CT molecular complexity index is 1580. The van der Waals surface area contributed by atoms with Gasteiger partial charge in [0, 0.05) is 30.6 Å². The van der Waals surface area contributed by atoms with Gasteiger partial charge >= 0.3 is 11.9 Å². The van der Waals surface area contributed by atoms with Gasteiger partial charge in [0.1, 0.15) is 23.7 Å². The Hall–Kier alpha value is -4.36. The second-order valence-electron chi connectivity index (χ2n) is 14.5. The Labute approximate surface area is 316 Å². The molecule has 2 aliphatic heterocycles. The minimum absolute atomic E-state index is 0.113. The lowest BCUT2D eigenvalue weighted by Crippen LogP contribution is -2.10. The molecule has 2 saturated heterocycles. The minimum atomic E-state index is -0.275. The van der Waals surface area contributed by atoms with Crippen LogP contribution in [0.3, 0.4) is 0 Å². The first-order valence-electron chi connectivity index (χ1n) is 19.8. The number of rotatable bonds is 23. The first-order chi connectivity index (χ1) is 25.8. The molecule has 53 heavy (non-hydrogen) atoms. The zero-order chi connectivity index (χ0) is 37.4. The first-order valence-corrected chi connectivity index (χ1v) is 19.8. The zero-order valence-corrected chi connectivity index (χ0v) is 31.7. The molecule has 0 saturated carbocycles. The van der Waals surface area contributed by atoms with Crippen LogP contribution in [0.15, 0.2) is 85.0 Å². The Balaban J connectivity index is 1.24. The highest BCUT2D eigenvalue weighted by atomic mass is 16.6. The molecule has 2 heterocycles. The molecule has 0 aliphatic carbocycles. The normalized spacial score (nSPS) is 16.9. The number of aryl methyl sites for hydroxylation is 4. The third-order valence-electron chi connectivity index (χ3n) is 10.3. The van der Waals surface area contributed by atoms with Gasteiger partial charge in [0.15, 0.2) is 0 Å². The van der Waals surface area contributed by atoms with E-state index in [1.165, 1.54) is 33.4 Å². The van der Waals surface area contributed by atoms with Crippen molar-refractivity contribution >= 4 is 11.9 Å². The molecule has 0 spiro atoms. The molecule has 2 unspecified atom stereocenters. The predicted octanol–water partition coefficient (Wildman–Crippen LogP) is 9.64. The van der Waals surface area contributed by atoms with Crippen molar-refractivity contribution < 1.29 is 33.6 Å². The molecule has 2 aliphatic rings. The molecule has 0 radical (unpaired) electrons. The van der Waals surface area contributed by atoms with E-state index in [1.807, 2.05) is 0 Å². The number of benzene rings is 3.